The minimum absolute atomic E-state index is 0.00486. The fraction of sp³-hybridized carbons (Fsp3) is 0.917. The van der Waals surface area contributed by atoms with Gasteiger partial charge in [-0.2, -0.15) is 0 Å². The minimum Gasteiger partial charge on any atom is -0.394 e. The fourth-order valence-corrected chi connectivity index (χ4v) is 2.29. The normalized spacial score (nSPS) is 36.1. The number of carbonyl (C=O) groups excluding carboxylic acids is 1. The number of hydrogen-bond donors (Lipinski definition) is 2. The van der Waals surface area contributed by atoms with E-state index in [0.29, 0.717) is 0 Å². The smallest absolute Gasteiger partial charge is 0.226 e. The third-order valence-electron chi connectivity index (χ3n) is 3.60. The summed E-state index contributed by atoms with van der Waals surface area (Å²) in [5, 5.41) is 11.9. The van der Waals surface area contributed by atoms with Crippen LogP contribution in [0.2, 0.25) is 0 Å². The summed E-state index contributed by atoms with van der Waals surface area (Å²) in [4.78, 5) is 12.0. The summed E-state index contributed by atoms with van der Waals surface area (Å²) < 4.78 is 5.63. The Morgan fingerprint density at radius 3 is 2.38 bits per heavy atom. The SMILES string of the molecule is CC[C@@H](CO)NC(=O)C1C(C)OC(C)C1C. The van der Waals surface area contributed by atoms with Gasteiger partial charge in [0.15, 0.2) is 0 Å². The molecule has 1 aliphatic rings. The maximum absolute atomic E-state index is 12.0. The standard InChI is InChI=1S/C12H23NO3/c1-5-10(6-14)13-12(15)11-7(2)8(3)16-9(11)4/h7-11,14H,5-6H2,1-4H3,(H,13,15)/t7?,8?,9?,10-,11?/m0/s1. The summed E-state index contributed by atoms with van der Waals surface area (Å²) in [6, 6.07) is -0.136. The Hall–Kier alpha value is -0.610. The molecular weight excluding hydrogens is 206 g/mol. The third kappa shape index (κ3) is 2.74. The Morgan fingerprint density at radius 1 is 1.38 bits per heavy atom. The van der Waals surface area contributed by atoms with E-state index in [4.69, 9.17) is 9.84 Å². The highest BCUT2D eigenvalue weighted by Crippen LogP contribution is 2.32. The summed E-state index contributed by atoms with van der Waals surface area (Å²) in [5.41, 5.74) is 0. The molecule has 1 saturated heterocycles. The van der Waals surface area contributed by atoms with E-state index >= 15 is 0 Å². The topological polar surface area (TPSA) is 58.6 Å². The van der Waals surface area contributed by atoms with E-state index in [1.54, 1.807) is 0 Å². The van der Waals surface area contributed by atoms with Crippen LogP contribution >= 0.6 is 0 Å². The van der Waals surface area contributed by atoms with Crippen molar-refractivity contribution in [2.24, 2.45) is 11.8 Å². The molecule has 5 atom stereocenters. The summed E-state index contributed by atoms with van der Waals surface area (Å²) in [6.07, 6.45) is 0.829. The van der Waals surface area contributed by atoms with E-state index < -0.39 is 0 Å². The molecule has 1 amide bonds. The van der Waals surface area contributed by atoms with Gasteiger partial charge in [-0.05, 0) is 26.2 Å². The fourth-order valence-electron chi connectivity index (χ4n) is 2.29. The van der Waals surface area contributed by atoms with Crippen molar-refractivity contribution in [2.45, 2.75) is 52.4 Å². The maximum Gasteiger partial charge on any atom is 0.226 e. The molecule has 1 fully saturated rings. The summed E-state index contributed by atoms with van der Waals surface area (Å²) in [7, 11) is 0. The Labute approximate surface area is 97.4 Å². The lowest BCUT2D eigenvalue weighted by Crippen LogP contribution is -2.44. The van der Waals surface area contributed by atoms with E-state index in [-0.39, 0.29) is 42.6 Å². The molecule has 4 unspecified atom stereocenters. The molecule has 1 heterocycles. The number of amides is 1. The molecule has 1 rings (SSSR count). The van der Waals surface area contributed by atoms with Gasteiger partial charge < -0.3 is 15.2 Å². The van der Waals surface area contributed by atoms with Gasteiger partial charge >= 0.3 is 0 Å². The first-order valence-corrected chi connectivity index (χ1v) is 6.07. The number of carbonyl (C=O) groups is 1. The van der Waals surface area contributed by atoms with Crippen LogP contribution in [0.4, 0.5) is 0 Å². The van der Waals surface area contributed by atoms with Gasteiger partial charge in [-0.3, -0.25) is 4.79 Å². The molecule has 2 N–H and O–H groups in total. The highest BCUT2D eigenvalue weighted by molar-refractivity contribution is 5.80. The molecule has 0 radical (unpaired) electrons. The number of aliphatic hydroxyl groups excluding tert-OH is 1. The van der Waals surface area contributed by atoms with Gasteiger partial charge in [-0.15, -0.1) is 0 Å². The highest BCUT2D eigenvalue weighted by atomic mass is 16.5. The Balaban J connectivity index is 2.59. The van der Waals surface area contributed by atoms with Crippen LogP contribution in [0.1, 0.15) is 34.1 Å². The second-order valence-electron chi connectivity index (χ2n) is 4.73. The lowest BCUT2D eigenvalue weighted by atomic mass is 9.88. The Bertz CT molecular complexity index is 240. The molecule has 1 aliphatic heterocycles. The average molecular weight is 229 g/mol. The second-order valence-corrected chi connectivity index (χ2v) is 4.73. The number of rotatable bonds is 4. The van der Waals surface area contributed by atoms with E-state index in [9.17, 15) is 4.79 Å². The third-order valence-corrected chi connectivity index (χ3v) is 3.60. The molecule has 0 aromatic carbocycles. The Kier molecular flexibility index (Phi) is 4.74. The van der Waals surface area contributed by atoms with Gasteiger partial charge in [0.2, 0.25) is 5.91 Å². The van der Waals surface area contributed by atoms with Gasteiger partial charge in [0.1, 0.15) is 0 Å². The molecular formula is C12H23NO3. The zero-order chi connectivity index (χ0) is 12.3. The van der Waals surface area contributed by atoms with Gasteiger partial charge in [0.05, 0.1) is 30.8 Å². The molecule has 4 nitrogen and oxygen atoms in total. The summed E-state index contributed by atoms with van der Waals surface area (Å²) in [6.45, 7) is 7.91. The van der Waals surface area contributed by atoms with Crippen LogP contribution in [0.5, 0.6) is 0 Å². The van der Waals surface area contributed by atoms with Crippen molar-refractivity contribution in [2.75, 3.05) is 6.61 Å². The van der Waals surface area contributed by atoms with Crippen molar-refractivity contribution >= 4 is 5.91 Å². The average Bonchev–Trinajstić information content (AvgIpc) is 2.49. The van der Waals surface area contributed by atoms with E-state index in [1.165, 1.54) is 0 Å². The van der Waals surface area contributed by atoms with E-state index in [2.05, 4.69) is 5.32 Å². The van der Waals surface area contributed by atoms with Crippen molar-refractivity contribution in [1.82, 2.24) is 5.32 Å². The molecule has 94 valence electrons. The van der Waals surface area contributed by atoms with Crippen LogP contribution in [0.15, 0.2) is 0 Å². The quantitative estimate of drug-likeness (QED) is 0.754. The lowest BCUT2D eigenvalue weighted by molar-refractivity contribution is -0.128. The largest absolute Gasteiger partial charge is 0.394 e. The van der Waals surface area contributed by atoms with Crippen molar-refractivity contribution in [3.8, 4) is 0 Å². The first-order chi connectivity index (χ1) is 7.51. The molecule has 16 heavy (non-hydrogen) atoms. The Morgan fingerprint density at radius 2 is 2.00 bits per heavy atom. The number of ether oxygens (including phenoxy) is 1. The minimum atomic E-state index is -0.136. The van der Waals surface area contributed by atoms with Gasteiger partial charge in [-0.1, -0.05) is 13.8 Å². The first kappa shape index (κ1) is 13.5. The van der Waals surface area contributed by atoms with Crippen LogP contribution in [-0.2, 0) is 9.53 Å². The predicted molar refractivity (Wildman–Crippen MR) is 62.0 cm³/mol. The van der Waals surface area contributed by atoms with Crippen LogP contribution in [0, 0.1) is 11.8 Å². The highest BCUT2D eigenvalue weighted by Gasteiger charge is 2.41. The lowest BCUT2D eigenvalue weighted by Gasteiger charge is -2.21. The molecule has 0 spiro atoms. The van der Waals surface area contributed by atoms with Crippen molar-refractivity contribution in [1.29, 1.82) is 0 Å². The van der Waals surface area contributed by atoms with Crippen LogP contribution in [-0.4, -0.2) is 35.9 Å². The monoisotopic (exact) mass is 229 g/mol. The van der Waals surface area contributed by atoms with Crippen molar-refractivity contribution in [3.05, 3.63) is 0 Å². The van der Waals surface area contributed by atoms with Crippen LogP contribution in [0.25, 0.3) is 0 Å². The molecule has 0 aromatic heterocycles. The predicted octanol–water partition coefficient (Wildman–Crippen LogP) is 0.933. The van der Waals surface area contributed by atoms with Crippen LogP contribution < -0.4 is 5.32 Å². The van der Waals surface area contributed by atoms with Crippen molar-refractivity contribution in [3.63, 3.8) is 0 Å². The zero-order valence-electron chi connectivity index (χ0n) is 10.6. The van der Waals surface area contributed by atoms with Crippen LogP contribution in [0.3, 0.4) is 0 Å². The number of nitrogens with one attached hydrogen (secondary N) is 1. The molecule has 4 heteroatoms. The summed E-state index contributed by atoms with van der Waals surface area (Å²) in [5.74, 6) is 0.132. The maximum atomic E-state index is 12.0. The number of hydrogen-bond acceptors (Lipinski definition) is 3. The van der Waals surface area contributed by atoms with E-state index in [0.717, 1.165) is 6.42 Å². The molecule has 0 bridgehead atoms. The molecule has 0 aliphatic carbocycles. The zero-order valence-corrected chi connectivity index (χ0v) is 10.6. The van der Waals surface area contributed by atoms with Crippen molar-refractivity contribution < 1.29 is 14.6 Å². The second kappa shape index (κ2) is 5.64. The van der Waals surface area contributed by atoms with Gasteiger partial charge in [-0.25, -0.2) is 0 Å². The molecule has 0 aromatic rings. The van der Waals surface area contributed by atoms with Gasteiger partial charge in [0, 0.05) is 0 Å². The molecule has 0 saturated carbocycles. The summed E-state index contributed by atoms with van der Waals surface area (Å²) >= 11 is 0. The van der Waals surface area contributed by atoms with Gasteiger partial charge in [0.25, 0.3) is 0 Å². The first-order valence-electron chi connectivity index (χ1n) is 6.07. The number of aliphatic hydroxyl groups is 1. The van der Waals surface area contributed by atoms with E-state index in [1.807, 2.05) is 27.7 Å².